The summed E-state index contributed by atoms with van der Waals surface area (Å²) in [7, 11) is -1.23. The SMILES string of the molecule is C[Si](C)(C)CCOCn1c(C(O)C2CCOC2)cc2c(C#N)c[nH]c(=O)c21. The second-order valence-corrected chi connectivity index (χ2v) is 13.9. The first kappa shape index (κ1) is 19.8. The van der Waals surface area contributed by atoms with E-state index in [4.69, 9.17) is 9.47 Å². The van der Waals surface area contributed by atoms with Crippen LogP contribution < -0.4 is 5.56 Å². The van der Waals surface area contributed by atoms with Crippen molar-refractivity contribution in [2.24, 2.45) is 5.92 Å². The molecule has 0 spiro atoms. The van der Waals surface area contributed by atoms with Gasteiger partial charge in [0.25, 0.3) is 5.56 Å². The molecule has 0 radical (unpaired) electrons. The fourth-order valence-electron chi connectivity index (χ4n) is 3.36. The van der Waals surface area contributed by atoms with E-state index in [0.717, 1.165) is 12.5 Å². The number of nitriles is 1. The van der Waals surface area contributed by atoms with Gasteiger partial charge in [0.15, 0.2) is 0 Å². The number of aromatic nitrogens is 2. The predicted octanol–water partition coefficient (Wildman–Crippen LogP) is 2.58. The van der Waals surface area contributed by atoms with Crippen molar-refractivity contribution >= 4 is 19.0 Å². The van der Waals surface area contributed by atoms with Gasteiger partial charge in [-0.25, -0.2) is 0 Å². The lowest BCUT2D eigenvalue weighted by Crippen LogP contribution is -2.23. The van der Waals surface area contributed by atoms with E-state index in [-0.39, 0.29) is 18.2 Å². The lowest BCUT2D eigenvalue weighted by molar-refractivity contribution is 0.0606. The minimum Gasteiger partial charge on any atom is -0.387 e. The number of nitrogens with one attached hydrogen (secondary N) is 1. The first-order valence-corrected chi connectivity index (χ1v) is 13.0. The van der Waals surface area contributed by atoms with E-state index in [1.54, 1.807) is 10.6 Å². The third-order valence-electron chi connectivity index (χ3n) is 5.03. The summed E-state index contributed by atoms with van der Waals surface area (Å²) >= 11 is 0. The predicted molar refractivity (Wildman–Crippen MR) is 105 cm³/mol. The molecule has 2 aromatic heterocycles. The summed E-state index contributed by atoms with van der Waals surface area (Å²) in [6.07, 6.45) is 1.41. The highest BCUT2D eigenvalue weighted by Crippen LogP contribution is 2.32. The van der Waals surface area contributed by atoms with Crippen LogP contribution >= 0.6 is 0 Å². The molecule has 2 atom stereocenters. The average molecular weight is 390 g/mol. The number of hydrogen-bond acceptors (Lipinski definition) is 5. The van der Waals surface area contributed by atoms with E-state index < -0.39 is 14.2 Å². The van der Waals surface area contributed by atoms with Gasteiger partial charge in [0.05, 0.1) is 24.0 Å². The Bertz CT molecular complexity index is 901. The highest BCUT2D eigenvalue weighted by molar-refractivity contribution is 6.76. The quantitative estimate of drug-likeness (QED) is 0.560. The maximum absolute atomic E-state index is 12.5. The fraction of sp³-hybridized carbons (Fsp3) is 0.579. The van der Waals surface area contributed by atoms with Crippen LogP contribution in [-0.4, -0.2) is 42.6 Å². The summed E-state index contributed by atoms with van der Waals surface area (Å²) in [5.41, 5.74) is 1.05. The van der Waals surface area contributed by atoms with Gasteiger partial charge in [0.2, 0.25) is 0 Å². The third-order valence-corrected chi connectivity index (χ3v) is 6.74. The Balaban J connectivity index is 1.98. The Morgan fingerprint density at radius 1 is 1.52 bits per heavy atom. The molecule has 27 heavy (non-hydrogen) atoms. The van der Waals surface area contributed by atoms with Crippen LogP contribution in [0.4, 0.5) is 0 Å². The molecule has 3 heterocycles. The van der Waals surface area contributed by atoms with E-state index >= 15 is 0 Å². The zero-order valence-electron chi connectivity index (χ0n) is 16.1. The van der Waals surface area contributed by atoms with Crippen molar-refractivity contribution < 1.29 is 14.6 Å². The molecule has 3 rings (SSSR count). The van der Waals surface area contributed by atoms with Gasteiger partial charge in [-0.3, -0.25) is 4.79 Å². The minimum atomic E-state index is -1.23. The number of ether oxygens (including phenoxy) is 2. The monoisotopic (exact) mass is 389 g/mol. The van der Waals surface area contributed by atoms with Gasteiger partial charge in [-0.2, -0.15) is 5.26 Å². The van der Waals surface area contributed by atoms with Gasteiger partial charge < -0.3 is 24.1 Å². The van der Waals surface area contributed by atoms with E-state index in [1.807, 2.05) is 0 Å². The van der Waals surface area contributed by atoms with Crippen LogP contribution in [0.3, 0.4) is 0 Å². The standard InChI is InChI=1S/C19H27N3O4Si/c1-27(2,3)7-6-26-12-22-16(18(23)13-4-5-25-11-13)8-15-14(9-20)10-21-19(24)17(15)22/h8,10,13,18,23H,4-7,11-12H2,1-3H3,(H,21,24). The molecule has 1 fully saturated rings. The van der Waals surface area contributed by atoms with Gasteiger partial charge in [-0.05, 0) is 18.5 Å². The highest BCUT2D eigenvalue weighted by Gasteiger charge is 2.29. The normalized spacial score (nSPS) is 18.7. The molecule has 7 nitrogen and oxygen atoms in total. The van der Waals surface area contributed by atoms with Crippen LogP contribution in [0.15, 0.2) is 17.1 Å². The summed E-state index contributed by atoms with van der Waals surface area (Å²) < 4.78 is 13.0. The topological polar surface area (TPSA) is 100 Å². The van der Waals surface area contributed by atoms with Crippen molar-refractivity contribution in [2.45, 2.75) is 44.9 Å². The van der Waals surface area contributed by atoms with Crippen LogP contribution in [-0.2, 0) is 16.2 Å². The molecule has 0 aromatic carbocycles. The van der Waals surface area contributed by atoms with E-state index in [2.05, 4.69) is 30.7 Å². The molecule has 2 unspecified atom stereocenters. The maximum Gasteiger partial charge on any atom is 0.272 e. The number of nitrogens with zero attached hydrogens (tertiary/aromatic N) is 2. The third kappa shape index (κ3) is 4.33. The summed E-state index contributed by atoms with van der Waals surface area (Å²) in [6, 6.07) is 4.87. The van der Waals surface area contributed by atoms with Gasteiger partial charge in [-0.15, -0.1) is 0 Å². The van der Waals surface area contributed by atoms with Gasteiger partial charge in [0, 0.05) is 38.8 Å². The number of pyridine rings is 1. The molecule has 0 saturated carbocycles. The van der Waals surface area contributed by atoms with Gasteiger partial charge >= 0.3 is 0 Å². The number of aromatic amines is 1. The lowest BCUT2D eigenvalue weighted by Gasteiger charge is -2.20. The van der Waals surface area contributed by atoms with Gasteiger partial charge in [-0.1, -0.05) is 19.6 Å². The number of aliphatic hydroxyl groups excluding tert-OH is 1. The zero-order valence-corrected chi connectivity index (χ0v) is 17.1. The molecule has 0 aliphatic carbocycles. The molecule has 1 saturated heterocycles. The molecule has 2 aromatic rings. The second kappa shape index (κ2) is 7.98. The summed E-state index contributed by atoms with van der Waals surface area (Å²) in [4.78, 5) is 15.1. The summed E-state index contributed by atoms with van der Waals surface area (Å²) in [5.74, 6) is -0.0281. The number of aliphatic hydroxyl groups is 1. The van der Waals surface area contributed by atoms with E-state index in [1.165, 1.54) is 6.20 Å². The Kier molecular flexibility index (Phi) is 5.86. The molecule has 1 aliphatic rings. The molecule has 0 bridgehead atoms. The molecule has 146 valence electrons. The number of fused-ring (bicyclic) bond motifs is 1. The van der Waals surface area contributed by atoms with Crippen LogP contribution in [0.1, 0.15) is 23.8 Å². The van der Waals surface area contributed by atoms with E-state index in [9.17, 15) is 15.2 Å². The molecule has 2 N–H and O–H groups in total. The Hall–Kier alpha value is -1.92. The number of rotatable bonds is 7. The molecule has 1 aliphatic heterocycles. The average Bonchev–Trinajstić information content (AvgIpc) is 3.26. The van der Waals surface area contributed by atoms with Crippen molar-refractivity contribution in [1.82, 2.24) is 9.55 Å². The maximum atomic E-state index is 12.5. The first-order chi connectivity index (χ1) is 12.8. The molecule has 0 amide bonds. The minimum absolute atomic E-state index is 0.0281. The number of H-pyrrole nitrogens is 1. The highest BCUT2D eigenvalue weighted by atomic mass is 28.3. The van der Waals surface area contributed by atoms with Crippen LogP contribution in [0.5, 0.6) is 0 Å². The van der Waals surface area contributed by atoms with Crippen molar-refractivity contribution in [1.29, 1.82) is 5.26 Å². The summed E-state index contributed by atoms with van der Waals surface area (Å²) in [6.45, 7) is 8.72. The molecular formula is C19H27N3O4Si. The Morgan fingerprint density at radius 3 is 2.93 bits per heavy atom. The van der Waals surface area contributed by atoms with Crippen LogP contribution in [0.25, 0.3) is 10.9 Å². The largest absolute Gasteiger partial charge is 0.387 e. The Morgan fingerprint density at radius 2 is 2.30 bits per heavy atom. The van der Waals surface area contributed by atoms with Crippen LogP contribution in [0, 0.1) is 17.2 Å². The van der Waals surface area contributed by atoms with E-state index in [0.29, 0.717) is 42.0 Å². The summed E-state index contributed by atoms with van der Waals surface area (Å²) in [5, 5.41) is 20.8. The van der Waals surface area contributed by atoms with Crippen molar-refractivity contribution in [3.05, 3.63) is 33.9 Å². The molecular weight excluding hydrogens is 362 g/mol. The number of hydrogen-bond donors (Lipinski definition) is 2. The lowest BCUT2D eigenvalue weighted by atomic mass is 9.99. The second-order valence-electron chi connectivity index (χ2n) is 8.32. The van der Waals surface area contributed by atoms with Crippen molar-refractivity contribution in [3.63, 3.8) is 0 Å². The smallest absolute Gasteiger partial charge is 0.272 e. The molecule has 8 heteroatoms. The Labute approximate surface area is 159 Å². The van der Waals surface area contributed by atoms with Gasteiger partial charge in [0.1, 0.15) is 18.3 Å². The zero-order chi connectivity index (χ0) is 19.6. The first-order valence-electron chi connectivity index (χ1n) is 9.30. The van der Waals surface area contributed by atoms with Crippen molar-refractivity contribution in [2.75, 3.05) is 19.8 Å². The van der Waals surface area contributed by atoms with Crippen LogP contribution in [0.2, 0.25) is 25.7 Å². The van der Waals surface area contributed by atoms with Crippen molar-refractivity contribution in [3.8, 4) is 6.07 Å². The fourth-order valence-corrected chi connectivity index (χ4v) is 4.11.